The minimum Gasteiger partial charge on any atom is -0.439 e. The van der Waals surface area contributed by atoms with Gasteiger partial charge in [-0.3, -0.25) is 9.29 Å². The third kappa shape index (κ3) is 3.87. The molecule has 4 aromatic rings. The van der Waals surface area contributed by atoms with Crippen LogP contribution in [-0.2, 0) is 10.0 Å². The Morgan fingerprint density at radius 2 is 1.93 bits per heavy atom. The Morgan fingerprint density at radius 1 is 1.11 bits per heavy atom. The maximum atomic E-state index is 12.3. The molecule has 4 rings (SSSR count). The number of rotatable bonds is 6. The molecule has 28 heavy (non-hydrogen) atoms. The van der Waals surface area contributed by atoms with Gasteiger partial charge in [-0.25, -0.2) is 23.4 Å². The summed E-state index contributed by atoms with van der Waals surface area (Å²) in [5, 5.41) is 1.72. The van der Waals surface area contributed by atoms with Crippen molar-refractivity contribution in [3.05, 3.63) is 72.4 Å². The zero-order chi connectivity index (χ0) is 19.6. The Labute approximate surface area is 165 Å². The van der Waals surface area contributed by atoms with E-state index >= 15 is 0 Å². The van der Waals surface area contributed by atoms with Crippen LogP contribution >= 0.6 is 11.3 Å². The third-order valence-electron chi connectivity index (χ3n) is 3.79. The van der Waals surface area contributed by atoms with Crippen molar-refractivity contribution in [2.45, 2.75) is 11.1 Å². The van der Waals surface area contributed by atoms with E-state index in [-0.39, 0.29) is 4.21 Å². The SMILES string of the molecule is Cc1nccn1-c1cc(Oc2ccc(NS(=O)(=O)c3cccs3)cc2)ncn1. The van der Waals surface area contributed by atoms with Gasteiger partial charge in [0.25, 0.3) is 10.0 Å². The predicted octanol–water partition coefficient (Wildman–Crippen LogP) is 3.63. The largest absolute Gasteiger partial charge is 0.439 e. The van der Waals surface area contributed by atoms with Crippen molar-refractivity contribution in [2.75, 3.05) is 4.72 Å². The minimum absolute atomic E-state index is 0.260. The molecule has 1 aromatic carbocycles. The van der Waals surface area contributed by atoms with Crippen LogP contribution in [0.3, 0.4) is 0 Å². The van der Waals surface area contributed by atoms with E-state index in [1.807, 2.05) is 11.5 Å². The van der Waals surface area contributed by atoms with Crippen molar-refractivity contribution in [2.24, 2.45) is 0 Å². The lowest BCUT2D eigenvalue weighted by Crippen LogP contribution is -2.11. The molecule has 0 saturated carbocycles. The highest BCUT2D eigenvalue weighted by Gasteiger charge is 2.15. The second-order valence-electron chi connectivity index (χ2n) is 5.72. The lowest BCUT2D eigenvalue weighted by atomic mass is 10.3. The lowest BCUT2D eigenvalue weighted by molar-refractivity contribution is 0.461. The lowest BCUT2D eigenvalue weighted by Gasteiger charge is -2.09. The van der Waals surface area contributed by atoms with Crippen LogP contribution in [0.2, 0.25) is 0 Å². The zero-order valence-electron chi connectivity index (χ0n) is 14.7. The highest BCUT2D eigenvalue weighted by Crippen LogP contribution is 2.25. The van der Waals surface area contributed by atoms with Gasteiger partial charge in [0.15, 0.2) is 0 Å². The smallest absolute Gasteiger partial charge is 0.271 e. The number of imidazole rings is 1. The van der Waals surface area contributed by atoms with E-state index in [0.29, 0.717) is 23.1 Å². The third-order valence-corrected chi connectivity index (χ3v) is 6.57. The highest BCUT2D eigenvalue weighted by atomic mass is 32.2. The molecule has 3 heterocycles. The number of aromatic nitrogens is 4. The Balaban J connectivity index is 1.49. The number of hydrogen-bond acceptors (Lipinski definition) is 7. The van der Waals surface area contributed by atoms with Gasteiger partial charge < -0.3 is 4.74 Å². The van der Waals surface area contributed by atoms with Crippen LogP contribution < -0.4 is 9.46 Å². The fourth-order valence-corrected chi connectivity index (χ4v) is 4.52. The molecule has 0 amide bonds. The summed E-state index contributed by atoms with van der Waals surface area (Å²) in [7, 11) is -3.58. The second kappa shape index (κ2) is 7.41. The maximum absolute atomic E-state index is 12.3. The van der Waals surface area contributed by atoms with Gasteiger partial charge in [-0.15, -0.1) is 11.3 Å². The molecule has 0 aliphatic carbocycles. The topological polar surface area (TPSA) is 99.0 Å². The van der Waals surface area contributed by atoms with Crippen LogP contribution in [0.15, 0.2) is 70.8 Å². The van der Waals surface area contributed by atoms with E-state index in [1.165, 1.54) is 6.33 Å². The van der Waals surface area contributed by atoms with E-state index < -0.39 is 10.0 Å². The number of sulfonamides is 1. The molecule has 0 bridgehead atoms. The molecule has 0 spiro atoms. The van der Waals surface area contributed by atoms with Crippen LogP contribution in [0.25, 0.3) is 5.82 Å². The van der Waals surface area contributed by atoms with Gasteiger partial charge in [0, 0.05) is 24.1 Å². The van der Waals surface area contributed by atoms with Crippen LogP contribution in [-0.4, -0.2) is 27.9 Å². The highest BCUT2D eigenvalue weighted by molar-refractivity contribution is 7.94. The number of nitrogens with zero attached hydrogens (tertiary/aromatic N) is 4. The molecule has 142 valence electrons. The first kappa shape index (κ1) is 18.1. The van der Waals surface area contributed by atoms with Crippen molar-refractivity contribution in [3.63, 3.8) is 0 Å². The molecular weight excluding hydrogens is 398 g/mol. The Bertz CT molecular complexity index is 1190. The Hall–Kier alpha value is -3.24. The van der Waals surface area contributed by atoms with Crippen molar-refractivity contribution < 1.29 is 13.2 Å². The second-order valence-corrected chi connectivity index (χ2v) is 8.58. The van der Waals surface area contributed by atoms with E-state index in [2.05, 4.69) is 19.7 Å². The standard InChI is InChI=1S/C18H15N5O3S2/c1-13-19-8-9-23(13)16-11-17(21-12-20-16)26-15-6-4-14(5-7-15)22-28(24,25)18-3-2-10-27-18/h2-12,22H,1H3. The number of benzene rings is 1. The first-order chi connectivity index (χ1) is 13.5. The van der Waals surface area contributed by atoms with Crippen molar-refractivity contribution in [1.82, 2.24) is 19.5 Å². The normalized spacial score (nSPS) is 11.3. The van der Waals surface area contributed by atoms with Crippen LogP contribution in [0.4, 0.5) is 5.69 Å². The van der Waals surface area contributed by atoms with E-state index in [4.69, 9.17) is 4.74 Å². The van der Waals surface area contributed by atoms with Crippen LogP contribution in [0, 0.1) is 6.92 Å². The quantitative estimate of drug-likeness (QED) is 0.518. The van der Waals surface area contributed by atoms with Crippen LogP contribution in [0.5, 0.6) is 11.6 Å². The molecule has 3 aromatic heterocycles. The maximum Gasteiger partial charge on any atom is 0.271 e. The molecular formula is C18H15N5O3S2. The Kier molecular flexibility index (Phi) is 4.80. The van der Waals surface area contributed by atoms with Gasteiger partial charge in [0.05, 0.1) is 0 Å². The average molecular weight is 413 g/mol. The molecule has 0 aliphatic heterocycles. The molecule has 0 unspecified atom stereocenters. The van der Waals surface area contributed by atoms with E-state index in [0.717, 1.165) is 17.2 Å². The van der Waals surface area contributed by atoms with Crippen molar-refractivity contribution >= 4 is 27.0 Å². The zero-order valence-corrected chi connectivity index (χ0v) is 16.3. The molecule has 10 heteroatoms. The van der Waals surface area contributed by atoms with Crippen molar-refractivity contribution in [3.8, 4) is 17.4 Å². The molecule has 0 fully saturated rings. The fraction of sp³-hybridized carbons (Fsp3) is 0.0556. The molecule has 0 saturated heterocycles. The fourth-order valence-electron chi connectivity index (χ4n) is 2.47. The van der Waals surface area contributed by atoms with Gasteiger partial charge >= 0.3 is 0 Å². The summed E-state index contributed by atoms with van der Waals surface area (Å²) >= 11 is 1.16. The van der Waals surface area contributed by atoms with Gasteiger partial charge in [-0.1, -0.05) is 6.07 Å². The summed E-state index contributed by atoms with van der Waals surface area (Å²) in [6, 6.07) is 11.5. The molecule has 1 N–H and O–H groups in total. The Morgan fingerprint density at radius 3 is 2.61 bits per heavy atom. The number of nitrogens with one attached hydrogen (secondary N) is 1. The minimum atomic E-state index is -3.58. The van der Waals surface area contributed by atoms with E-state index in [9.17, 15) is 8.42 Å². The number of ether oxygens (including phenoxy) is 1. The summed E-state index contributed by atoms with van der Waals surface area (Å²) in [6.45, 7) is 1.87. The molecule has 8 nitrogen and oxygen atoms in total. The molecule has 0 atom stereocenters. The summed E-state index contributed by atoms with van der Waals surface area (Å²) in [5.41, 5.74) is 0.443. The molecule has 0 aliphatic rings. The first-order valence-corrected chi connectivity index (χ1v) is 10.5. The molecule has 0 radical (unpaired) electrons. The number of thiophene rings is 1. The summed E-state index contributed by atoms with van der Waals surface area (Å²) < 4.78 is 34.9. The number of hydrogen-bond donors (Lipinski definition) is 1. The van der Waals surface area contributed by atoms with Gasteiger partial charge in [0.1, 0.15) is 27.9 Å². The summed E-state index contributed by atoms with van der Waals surface area (Å²) in [6.07, 6.45) is 4.90. The van der Waals surface area contributed by atoms with Crippen molar-refractivity contribution in [1.29, 1.82) is 0 Å². The summed E-state index contributed by atoms with van der Waals surface area (Å²) in [5.74, 6) is 2.32. The van der Waals surface area contributed by atoms with Gasteiger partial charge in [-0.05, 0) is 42.6 Å². The predicted molar refractivity (Wildman–Crippen MR) is 106 cm³/mol. The average Bonchev–Trinajstić information content (AvgIpc) is 3.35. The number of aryl methyl sites for hydroxylation is 1. The monoisotopic (exact) mass is 413 g/mol. The van der Waals surface area contributed by atoms with E-state index in [1.54, 1.807) is 60.2 Å². The number of anilines is 1. The van der Waals surface area contributed by atoms with Gasteiger partial charge in [-0.2, -0.15) is 0 Å². The first-order valence-electron chi connectivity index (χ1n) is 8.18. The summed E-state index contributed by atoms with van der Waals surface area (Å²) in [4.78, 5) is 12.5. The van der Waals surface area contributed by atoms with Crippen LogP contribution in [0.1, 0.15) is 5.82 Å². The van der Waals surface area contributed by atoms with Gasteiger partial charge in [0.2, 0.25) is 5.88 Å².